The van der Waals surface area contributed by atoms with E-state index in [0.717, 1.165) is 69.6 Å². The fourth-order valence-electron chi connectivity index (χ4n) is 8.66. The first kappa shape index (κ1) is 61.4. The molecule has 0 spiro atoms. The van der Waals surface area contributed by atoms with Gasteiger partial charge in [-0.2, -0.15) is 0 Å². The third kappa shape index (κ3) is 49.7. The average molecular weight is 892 g/mol. The van der Waals surface area contributed by atoms with Crippen LogP contribution in [0.25, 0.3) is 0 Å². The van der Waals surface area contributed by atoms with E-state index in [4.69, 9.17) is 14.2 Å². The van der Waals surface area contributed by atoms with E-state index in [1.807, 2.05) is 0 Å². The van der Waals surface area contributed by atoms with Gasteiger partial charge in [0.05, 0.1) is 0 Å². The van der Waals surface area contributed by atoms with Gasteiger partial charge in [-0.3, -0.25) is 14.4 Å². The van der Waals surface area contributed by atoms with Gasteiger partial charge < -0.3 is 14.2 Å². The van der Waals surface area contributed by atoms with E-state index in [-0.39, 0.29) is 31.1 Å². The quantitative estimate of drug-likeness (QED) is 0.0344. The second-order valence-corrected chi connectivity index (χ2v) is 20.3. The van der Waals surface area contributed by atoms with Gasteiger partial charge in [-0.25, -0.2) is 0 Å². The Labute approximate surface area is 393 Å². The Kier molecular flexibility index (Phi) is 48.6. The molecule has 0 aromatic carbocycles. The Morgan fingerprint density at radius 3 is 0.905 bits per heavy atom. The van der Waals surface area contributed by atoms with Crippen LogP contribution in [0.5, 0.6) is 0 Å². The smallest absolute Gasteiger partial charge is 0.306 e. The summed E-state index contributed by atoms with van der Waals surface area (Å²) in [4.78, 5) is 38.1. The molecule has 6 nitrogen and oxygen atoms in total. The zero-order chi connectivity index (χ0) is 46.1. The van der Waals surface area contributed by atoms with Crippen LogP contribution < -0.4 is 0 Å². The maximum absolute atomic E-state index is 12.8. The predicted octanol–water partition coefficient (Wildman–Crippen LogP) is 18.5. The van der Waals surface area contributed by atoms with Crippen LogP contribution >= 0.6 is 0 Å². The zero-order valence-corrected chi connectivity index (χ0v) is 43.2. The molecule has 0 saturated carbocycles. The highest BCUT2D eigenvalue weighted by Crippen LogP contribution is 2.18. The van der Waals surface area contributed by atoms with Crippen molar-refractivity contribution in [3.05, 3.63) is 0 Å². The third-order valence-electron chi connectivity index (χ3n) is 13.3. The van der Waals surface area contributed by atoms with Gasteiger partial charge in [0.25, 0.3) is 0 Å². The molecule has 0 aliphatic carbocycles. The van der Waals surface area contributed by atoms with E-state index in [2.05, 4.69) is 34.6 Å². The van der Waals surface area contributed by atoms with Crippen LogP contribution in [0.15, 0.2) is 0 Å². The first-order valence-electron chi connectivity index (χ1n) is 28.3. The molecular formula is C57H110O6. The van der Waals surface area contributed by atoms with E-state index in [1.165, 1.54) is 205 Å². The Morgan fingerprint density at radius 1 is 0.333 bits per heavy atom. The van der Waals surface area contributed by atoms with Crippen molar-refractivity contribution < 1.29 is 28.6 Å². The van der Waals surface area contributed by atoms with E-state index >= 15 is 0 Å². The van der Waals surface area contributed by atoms with Crippen molar-refractivity contribution in [2.24, 2.45) is 11.8 Å². The number of rotatable bonds is 51. The van der Waals surface area contributed by atoms with E-state index in [9.17, 15) is 14.4 Å². The van der Waals surface area contributed by atoms with Crippen LogP contribution in [-0.2, 0) is 28.6 Å². The number of esters is 3. The van der Waals surface area contributed by atoms with Crippen LogP contribution in [0.4, 0.5) is 0 Å². The summed E-state index contributed by atoms with van der Waals surface area (Å²) in [5.41, 5.74) is 0. The maximum Gasteiger partial charge on any atom is 0.306 e. The molecule has 0 radical (unpaired) electrons. The van der Waals surface area contributed by atoms with Gasteiger partial charge in [0, 0.05) is 19.3 Å². The van der Waals surface area contributed by atoms with E-state index < -0.39 is 6.10 Å². The van der Waals surface area contributed by atoms with Gasteiger partial charge in [-0.1, -0.05) is 279 Å². The van der Waals surface area contributed by atoms with Crippen molar-refractivity contribution in [3.8, 4) is 0 Å². The molecule has 0 N–H and O–H groups in total. The van der Waals surface area contributed by atoms with Crippen LogP contribution in [0.3, 0.4) is 0 Å². The lowest BCUT2D eigenvalue weighted by Crippen LogP contribution is -2.30. The topological polar surface area (TPSA) is 78.9 Å². The summed E-state index contributed by atoms with van der Waals surface area (Å²) < 4.78 is 16.9. The van der Waals surface area contributed by atoms with E-state index in [0.29, 0.717) is 19.3 Å². The number of unbranched alkanes of at least 4 members (excludes halogenated alkanes) is 35. The molecule has 2 atom stereocenters. The monoisotopic (exact) mass is 891 g/mol. The second-order valence-electron chi connectivity index (χ2n) is 20.3. The van der Waals surface area contributed by atoms with Gasteiger partial charge >= 0.3 is 17.9 Å². The largest absolute Gasteiger partial charge is 0.462 e. The number of carbonyl (C=O) groups is 3. The molecule has 0 amide bonds. The van der Waals surface area contributed by atoms with Gasteiger partial charge in [-0.05, 0) is 31.1 Å². The fourth-order valence-corrected chi connectivity index (χ4v) is 8.66. The van der Waals surface area contributed by atoms with Gasteiger partial charge in [0.2, 0.25) is 0 Å². The first-order chi connectivity index (χ1) is 30.8. The molecule has 0 rings (SSSR count). The second kappa shape index (κ2) is 49.8. The normalized spacial score (nSPS) is 12.5. The fraction of sp³-hybridized carbons (Fsp3) is 0.947. The average Bonchev–Trinajstić information content (AvgIpc) is 3.27. The molecule has 0 heterocycles. The Morgan fingerprint density at radius 2 is 0.603 bits per heavy atom. The molecule has 374 valence electrons. The summed E-state index contributed by atoms with van der Waals surface area (Å²) in [5.74, 6) is 0.855. The molecule has 0 aliphatic heterocycles. The highest BCUT2D eigenvalue weighted by Gasteiger charge is 2.19. The summed E-state index contributed by atoms with van der Waals surface area (Å²) in [6, 6.07) is 0. The lowest BCUT2D eigenvalue weighted by molar-refractivity contribution is -0.167. The van der Waals surface area contributed by atoms with Crippen LogP contribution in [-0.4, -0.2) is 37.2 Å². The lowest BCUT2D eigenvalue weighted by atomic mass is 9.99. The summed E-state index contributed by atoms with van der Waals surface area (Å²) in [6.45, 7) is 11.4. The highest BCUT2D eigenvalue weighted by atomic mass is 16.6. The summed E-state index contributed by atoms with van der Waals surface area (Å²) in [6.07, 6.45) is 52.3. The van der Waals surface area contributed by atoms with Crippen molar-refractivity contribution in [2.75, 3.05) is 13.2 Å². The first-order valence-corrected chi connectivity index (χ1v) is 28.3. The molecule has 0 aromatic heterocycles. The minimum Gasteiger partial charge on any atom is -0.462 e. The van der Waals surface area contributed by atoms with Crippen molar-refractivity contribution in [1.82, 2.24) is 0 Å². The molecule has 1 unspecified atom stereocenters. The Hall–Kier alpha value is -1.59. The van der Waals surface area contributed by atoms with Crippen LogP contribution in [0.1, 0.15) is 317 Å². The zero-order valence-electron chi connectivity index (χ0n) is 43.2. The summed E-state index contributed by atoms with van der Waals surface area (Å²) in [5, 5.41) is 0. The molecule has 0 bridgehead atoms. The Balaban J connectivity index is 4.26. The van der Waals surface area contributed by atoms with Crippen LogP contribution in [0, 0.1) is 11.8 Å². The van der Waals surface area contributed by atoms with E-state index in [1.54, 1.807) is 0 Å². The minimum absolute atomic E-state index is 0.0633. The van der Waals surface area contributed by atoms with Gasteiger partial charge in [-0.15, -0.1) is 0 Å². The third-order valence-corrected chi connectivity index (χ3v) is 13.3. The SMILES string of the molecule is CCCCCCCCCCCCCCCCC(=O)OC[C@H](COC(=O)CCCCCCCCCCCCCCCCCCC(C)C)OC(=O)CCCCCCCCCCC(C)CC. The lowest BCUT2D eigenvalue weighted by Gasteiger charge is -2.18. The predicted molar refractivity (Wildman–Crippen MR) is 270 cm³/mol. The number of carbonyl (C=O) groups excluding carboxylic acids is 3. The number of ether oxygens (including phenoxy) is 3. The molecule has 0 aromatic rings. The molecule has 6 heteroatoms. The van der Waals surface area contributed by atoms with Crippen molar-refractivity contribution in [2.45, 2.75) is 323 Å². The van der Waals surface area contributed by atoms with Gasteiger partial charge in [0.1, 0.15) is 13.2 Å². The van der Waals surface area contributed by atoms with Gasteiger partial charge in [0.15, 0.2) is 6.10 Å². The summed E-state index contributed by atoms with van der Waals surface area (Å²) in [7, 11) is 0. The van der Waals surface area contributed by atoms with Crippen molar-refractivity contribution in [3.63, 3.8) is 0 Å². The molecular weight excluding hydrogens is 781 g/mol. The molecule has 0 fully saturated rings. The highest BCUT2D eigenvalue weighted by molar-refractivity contribution is 5.71. The number of hydrogen-bond acceptors (Lipinski definition) is 6. The maximum atomic E-state index is 12.8. The molecule has 0 saturated heterocycles. The number of hydrogen-bond donors (Lipinski definition) is 0. The molecule has 0 aliphatic rings. The standard InChI is InChI=1S/C57H110O6/c1-6-8-9-10-11-12-13-14-20-23-26-32-37-42-47-55(58)61-50-54(63-57(60)49-44-39-34-29-28-31-36-41-46-53(5)7-2)51-62-56(59)48-43-38-33-27-24-21-18-16-15-17-19-22-25-30-35-40-45-52(3)4/h52-54H,6-51H2,1-5H3/t53?,54-/m1/s1. The Bertz CT molecular complexity index is 964. The van der Waals surface area contributed by atoms with Crippen molar-refractivity contribution >= 4 is 17.9 Å². The van der Waals surface area contributed by atoms with Crippen LogP contribution in [0.2, 0.25) is 0 Å². The summed E-state index contributed by atoms with van der Waals surface area (Å²) >= 11 is 0. The minimum atomic E-state index is -0.762. The molecule has 63 heavy (non-hydrogen) atoms. The van der Waals surface area contributed by atoms with Crippen molar-refractivity contribution in [1.29, 1.82) is 0 Å².